The fraction of sp³-hybridized carbons (Fsp3) is 0.381. The Balaban J connectivity index is 1.80. The summed E-state index contributed by atoms with van der Waals surface area (Å²) in [5, 5.41) is 3.10. The predicted molar refractivity (Wildman–Crippen MR) is 105 cm³/mol. The highest BCUT2D eigenvalue weighted by Gasteiger charge is 2.27. The van der Waals surface area contributed by atoms with E-state index < -0.39 is 11.2 Å². The number of rotatable bonds is 5. The van der Waals surface area contributed by atoms with Crippen LogP contribution in [0.25, 0.3) is 6.08 Å². The maximum absolute atomic E-state index is 12.5. The number of hydrogen-bond donors (Lipinski definition) is 1. The Hall–Kier alpha value is -2.89. The molecule has 6 heteroatoms. The van der Waals surface area contributed by atoms with Crippen molar-refractivity contribution >= 4 is 12.0 Å². The molecule has 0 unspecified atom stereocenters. The van der Waals surface area contributed by atoms with Gasteiger partial charge in [-0.15, -0.1) is 0 Å². The van der Waals surface area contributed by atoms with E-state index >= 15 is 0 Å². The lowest BCUT2D eigenvalue weighted by molar-refractivity contribution is -0.117. The highest BCUT2D eigenvalue weighted by molar-refractivity contribution is 5.91. The molecule has 142 valence electrons. The second-order valence-electron chi connectivity index (χ2n) is 7.12. The maximum Gasteiger partial charge on any atom is 0.330 e. The van der Waals surface area contributed by atoms with Gasteiger partial charge in [-0.3, -0.25) is 14.2 Å². The van der Waals surface area contributed by atoms with Gasteiger partial charge < -0.3 is 9.88 Å². The van der Waals surface area contributed by atoms with Gasteiger partial charge in [-0.25, -0.2) is 4.79 Å². The number of benzene rings is 1. The second-order valence-corrected chi connectivity index (χ2v) is 7.12. The zero-order valence-electron chi connectivity index (χ0n) is 15.7. The van der Waals surface area contributed by atoms with E-state index in [1.165, 1.54) is 42.8 Å². The molecule has 6 nitrogen and oxygen atoms in total. The number of carbonyl (C=O) groups is 1. The van der Waals surface area contributed by atoms with Crippen molar-refractivity contribution in [2.24, 2.45) is 20.0 Å². The van der Waals surface area contributed by atoms with Gasteiger partial charge in [0.2, 0.25) is 5.91 Å². The van der Waals surface area contributed by atoms with Crippen molar-refractivity contribution in [3.8, 4) is 0 Å². The molecule has 1 aromatic carbocycles. The number of carbonyl (C=O) groups excluding carboxylic acids is 1. The zero-order chi connectivity index (χ0) is 19.4. The van der Waals surface area contributed by atoms with Gasteiger partial charge in [-0.1, -0.05) is 43.2 Å². The Labute approximate surface area is 158 Å². The smallest absolute Gasteiger partial charge is 0.330 e. The van der Waals surface area contributed by atoms with E-state index in [9.17, 15) is 14.4 Å². The molecule has 1 aliphatic rings. The Kier molecular flexibility index (Phi) is 5.74. The zero-order valence-corrected chi connectivity index (χ0v) is 15.7. The van der Waals surface area contributed by atoms with Crippen LogP contribution >= 0.6 is 0 Å². The van der Waals surface area contributed by atoms with Crippen LogP contribution in [0.4, 0.5) is 0 Å². The van der Waals surface area contributed by atoms with Crippen LogP contribution in [0.15, 0.2) is 52.2 Å². The highest BCUT2D eigenvalue weighted by atomic mass is 16.2. The molecule has 0 aliphatic heterocycles. The minimum absolute atomic E-state index is 0.0335. The number of nitrogens with zero attached hydrogens (tertiary/aromatic N) is 2. The van der Waals surface area contributed by atoms with Gasteiger partial charge in [0.05, 0.1) is 11.6 Å². The summed E-state index contributed by atoms with van der Waals surface area (Å²) in [6.45, 7) is 0. The van der Waals surface area contributed by atoms with Gasteiger partial charge in [0, 0.05) is 26.4 Å². The van der Waals surface area contributed by atoms with Crippen LogP contribution in [0, 0.1) is 5.92 Å². The fourth-order valence-electron chi connectivity index (χ4n) is 3.74. The Morgan fingerprint density at radius 3 is 2.48 bits per heavy atom. The van der Waals surface area contributed by atoms with Gasteiger partial charge in [-0.05, 0) is 30.4 Å². The molecule has 1 heterocycles. The van der Waals surface area contributed by atoms with Crippen LogP contribution in [0.2, 0.25) is 0 Å². The van der Waals surface area contributed by atoms with E-state index in [1.807, 2.05) is 30.3 Å². The lowest BCUT2D eigenvalue weighted by atomic mass is 9.91. The van der Waals surface area contributed by atoms with Crippen molar-refractivity contribution in [3.63, 3.8) is 0 Å². The average molecular weight is 367 g/mol. The summed E-state index contributed by atoms with van der Waals surface area (Å²) < 4.78 is 2.35. The second kappa shape index (κ2) is 8.20. The Bertz CT molecular complexity index is 951. The number of aryl methyl sites for hydroxylation is 1. The molecule has 1 fully saturated rings. The van der Waals surface area contributed by atoms with Crippen molar-refractivity contribution in [1.82, 2.24) is 14.5 Å². The van der Waals surface area contributed by atoms with Gasteiger partial charge in [0.1, 0.15) is 0 Å². The molecule has 0 bridgehead atoms. The molecule has 1 aliphatic carbocycles. The third kappa shape index (κ3) is 4.27. The number of aromatic nitrogens is 2. The lowest BCUT2D eigenvalue weighted by Crippen LogP contribution is -2.37. The maximum atomic E-state index is 12.5. The first kappa shape index (κ1) is 18.9. The third-order valence-corrected chi connectivity index (χ3v) is 5.21. The molecule has 3 rings (SSSR count). The van der Waals surface area contributed by atoms with Gasteiger partial charge >= 0.3 is 5.69 Å². The fourth-order valence-corrected chi connectivity index (χ4v) is 3.74. The normalized spacial score (nSPS) is 15.9. The standard InChI is InChI=1S/C21H25N3O3/c1-23-14-17(20(26)24(2)21(23)27)12-13-18(25)22-19(16-10-6-7-11-16)15-8-4-3-5-9-15/h3-5,8-9,12-14,16,19H,6-7,10-11H2,1-2H3,(H,22,25)/b13-12+/t19-/m0/s1. The third-order valence-electron chi connectivity index (χ3n) is 5.21. The first-order chi connectivity index (χ1) is 13.0. The van der Waals surface area contributed by atoms with Crippen molar-refractivity contribution in [2.45, 2.75) is 31.7 Å². The molecule has 0 saturated heterocycles. The van der Waals surface area contributed by atoms with E-state index in [0.29, 0.717) is 11.5 Å². The van der Waals surface area contributed by atoms with Gasteiger partial charge in [-0.2, -0.15) is 0 Å². The van der Waals surface area contributed by atoms with E-state index in [4.69, 9.17) is 0 Å². The van der Waals surface area contributed by atoms with Crippen LogP contribution in [-0.4, -0.2) is 15.0 Å². The van der Waals surface area contributed by atoms with Crippen LogP contribution in [0.5, 0.6) is 0 Å². The van der Waals surface area contributed by atoms with Crippen LogP contribution in [-0.2, 0) is 18.9 Å². The van der Waals surface area contributed by atoms with Gasteiger partial charge in [0.15, 0.2) is 0 Å². The topological polar surface area (TPSA) is 73.1 Å². The predicted octanol–water partition coefficient (Wildman–Crippen LogP) is 2.14. The summed E-state index contributed by atoms with van der Waals surface area (Å²) in [6, 6.07) is 9.97. The summed E-state index contributed by atoms with van der Waals surface area (Å²) in [4.78, 5) is 36.5. The van der Waals surface area contributed by atoms with Gasteiger partial charge in [0.25, 0.3) is 5.56 Å². The quantitative estimate of drug-likeness (QED) is 0.823. The minimum atomic E-state index is -0.419. The first-order valence-corrected chi connectivity index (χ1v) is 9.27. The molecule has 1 atom stereocenters. The van der Waals surface area contributed by atoms with Crippen LogP contribution in [0.3, 0.4) is 0 Å². The van der Waals surface area contributed by atoms with E-state index in [0.717, 1.165) is 23.0 Å². The SMILES string of the molecule is Cn1cc(/C=C/C(=O)N[C@@H](c2ccccc2)C2CCCC2)c(=O)n(C)c1=O. The first-order valence-electron chi connectivity index (χ1n) is 9.27. The van der Waals surface area contributed by atoms with E-state index in [1.54, 1.807) is 7.05 Å². The molecule has 27 heavy (non-hydrogen) atoms. The largest absolute Gasteiger partial charge is 0.345 e. The molecule has 1 N–H and O–H groups in total. The van der Waals surface area contributed by atoms with Crippen LogP contribution < -0.4 is 16.6 Å². The molecule has 1 saturated carbocycles. The number of hydrogen-bond acceptors (Lipinski definition) is 3. The molecule has 2 aromatic rings. The Morgan fingerprint density at radius 1 is 1.15 bits per heavy atom. The molecular formula is C21H25N3O3. The average Bonchev–Trinajstić information content (AvgIpc) is 3.21. The highest BCUT2D eigenvalue weighted by Crippen LogP contribution is 2.35. The van der Waals surface area contributed by atoms with E-state index in [2.05, 4.69) is 5.32 Å². The number of nitrogens with one attached hydrogen (secondary N) is 1. The van der Waals surface area contributed by atoms with E-state index in [-0.39, 0.29) is 11.9 Å². The van der Waals surface area contributed by atoms with Crippen LogP contribution in [0.1, 0.15) is 42.9 Å². The monoisotopic (exact) mass is 367 g/mol. The molecule has 1 amide bonds. The van der Waals surface area contributed by atoms with Crippen molar-refractivity contribution in [1.29, 1.82) is 0 Å². The summed E-state index contributed by atoms with van der Waals surface area (Å²) in [5.74, 6) is 0.182. The van der Waals surface area contributed by atoms with Crippen molar-refractivity contribution in [3.05, 3.63) is 74.6 Å². The summed E-state index contributed by atoms with van der Waals surface area (Å²) in [6.07, 6.45) is 8.86. The van der Waals surface area contributed by atoms with Crippen molar-refractivity contribution in [2.75, 3.05) is 0 Å². The van der Waals surface area contributed by atoms with Crippen molar-refractivity contribution < 1.29 is 4.79 Å². The molecular weight excluding hydrogens is 342 g/mol. The lowest BCUT2D eigenvalue weighted by Gasteiger charge is -2.24. The summed E-state index contributed by atoms with van der Waals surface area (Å²) in [7, 11) is 3.00. The number of amides is 1. The summed E-state index contributed by atoms with van der Waals surface area (Å²) in [5.41, 5.74) is 0.584. The molecule has 0 radical (unpaired) electrons. The Morgan fingerprint density at radius 2 is 1.81 bits per heavy atom. The molecule has 1 aromatic heterocycles. The summed E-state index contributed by atoms with van der Waals surface area (Å²) >= 11 is 0. The minimum Gasteiger partial charge on any atom is -0.345 e. The molecule has 0 spiro atoms.